The number of nitrogens with zero attached hydrogens (tertiary/aromatic N) is 1. The minimum atomic E-state index is 0.486. The Morgan fingerprint density at radius 1 is 1.28 bits per heavy atom. The summed E-state index contributed by atoms with van der Waals surface area (Å²) < 4.78 is 10.6. The van der Waals surface area contributed by atoms with Gasteiger partial charge in [0.15, 0.2) is 6.29 Å². The van der Waals surface area contributed by atoms with E-state index in [2.05, 4.69) is 4.98 Å². The third-order valence-corrected chi connectivity index (χ3v) is 3.26. The zero-order valence-corrected chi connectivity index (χ0v) is 10.8. The summed E-state index contributed by atoms with van der Waals surface area (Å²) in [4.78, 5) is 14.6. The predicted octanol–water partition coefficient (Wildman–Crippen LogP) is 2.59. The largest absolute Gasteiger partial charge is 0.497 e. The highest BCUT2D eigenvalue weighted by molar-refractivity contribution is 7.09. The van der Waals surface area contributed by atoms with Gasteiger partial charge in [-0.3, -0.25) is 4.79 Å². The van der Waals surface area contributed by atoms with E-state index in [0.717, 1.165) is 22.8 Å². The minimum Gasteiger partial charge on any atom is -0.497 e. The van der Waals surface area contributed by atoms with Gasteiger partial charge in [-0.15, -0.1) is 11.3 Å². The monoisotopic (exact) mass is 263 g/mol. The standard InChI is InChI=1S/C13H13NO3S/c1-16-11-2-4-12(5-3-11)17-7-6-13-14-10(8-15)9-18-13/h2-5,8-9H,6-7H2,1H3. The highest BCUT2D eigenvalue weighted by Crippen LogP contribution is 2.17. The lowest BCUT2D eigenvalue weighted by Gasteiger charge is -2.05. The highest BCUT2D eigenvalue weighted by Gasteiger charge is 2.01. The van der Waals surface area contributed by atoms with Crippen molar-refractivity contribution in [1.82, 2.24) is 4.98 Å². The first-order valence-electron chi connectivity index (χ1n) is 5.48. The van der Waals surface area contributed by atoms with E-state index in [1.54, 1.807) is 12.5 Å². The molecule has 0 saturated heterocycles. The molecule has 0 fully saturated rings. The molecule has 0 unspecified atom stereocenters. The molecule has 2 rings (SSSR count). The molecule has 0 aliphatic carbocycles. The van der Waals surface area contributed by atoms with E-state index in [0.29, 0.717) is 18.7 Å². The molecular weight excluding hydrogens is 250 g/mol. The van der Waals surface area contributed by atoms with E-state index < -0.39 is 0 Å². The average molecular weight is 263 g/mol. The molecule has 0 aliphatic heterocycles. The SMILES string of the molecule is COc1ccc(OCCc2nc(C=O)cs2)cc1. The van der Waals surface area contributed by atoms with Crippen LogP contribution in [0.1, 0.15) is 15.5 Å². The van der Waals surface area contributed by atoms with Gasteiger partial charge in [-0.2, -0.15) is 0 Å². The smallest absolute Gasteiger partial charge is 0.169 e. The molecule has 0 atom stereocenters. The zero-order valence-electron chi connectivity index (χ0n) is 9.96. The van der Waals surface area contributed by atoms with Gasteiger partial charge in [-0.25, -0.2) is 4.98 Å². The summed E-state index contributed by atoms with van der Waals surface area (Å²) in [6.45, 7) is 0.540. The van der Waals surface area contributed by atoms with Gasteiger partial charge in [-0.1, -0.05) is 0 Å². The maximum absolute atomic E-state index is 10.5. The van der Waals surface area contributed by atoms with Gasteiger partial charge in [0, 0.05) is 11.8 Å². The van der Waals surface area contributed by atoms with Gasteiger partial charge in [0.25, 0.3) is 0 Å². The third kappa shape index (κ3) is 3.30. The first-order valence-corrected chi connectivity index (χ1v) is 6.36. The molecule has 4 nitrogen and oxygen atoms in total. The molecule has 0 spiro atoms. The van der Waals surface area contributed by atoms with E-state index in [1.165, 1.54) is 11.3 Å². The van der Waals surface area contributed by atoms with Crippen molar-refractivity contribution in [2.24, 2.45) is 0 Å². The van der Waals surface area contributed by atoms with Crippen LogP contribution in [-0.2, 0) is 6.42 Å². The number of thiazole rings is 1. The molecule has 0 amide bonds. The average Bonchev–Trinajstić information content (AvgIpc) is 2.87. The Kier molecular flexibility index (Phi) is 4.30. The lowest BCUT2D eigenvalue weighted by atomic mass is 10.3. The summed E-state index contributed by atoms with van der Waals surface area (Å²) >= 11 is 1.47. The molecule has 0 radical (unpaired) electrons. The number of carbonyl (C=O) groups is 1. The first kappa shape index (κ1) is 12.6. The molecule has 0 aliphatic rings. The van der Waals surface area contributed by atoms with Crippen LogP contribution in [0.15, 0.2) is 29.6 Å². The normalized spacial score (nSPS) is 10.1. The second kappa shape index (κ2) is 6.16. The zero-order chi connectivity index (χ0) is 12.8. The minimum absolute atomic E-state index is 0.486. The first-order chi connectivity index (χ1) is 8.81. The number of rotatable bonds is 6. The van der Waals surface area contributed by atoms with Crippen LogP contribution in [0, 0.1) is 0 Å². The second-order valence-corrected chi connectivity index (χ2v) is 4.50. The molecular formula is C13H13NO3S. The van der Waals surface area contributed by atoms with Crippen LogP contribution >= 0.6 is 11.3 Å². The summed E-state index contributed by atoms with van der Waals surface area (Å²) in [5.41, 5.74) is 0.486. The Bertz CT molecular complexity index is 507. The molecule has 1 aromatic heterocycles. The number of aldehydes is 1. The number of hydrogen-bond acceptors (Lipinski definition) is 5. The lowest BCUT2D eigenvalue weighted by Crippen LogP contribution is -2.01. The van der Waals surface area contributed by atoms with Gasteiger partial charge in [-0.05, 0) is 24.3 Å². The summed E-state index contributed by atoms with van der Waals surface area (Å²) in [5, 5.41) is 2.65. The molecule has 1 heterocycles. The van der Waals surface area contributed by atoms with Gasteiger partial charge in [0.05, 0.1) is 18.7 Å². The van der Waals surface area contributed by atoms with Crippen LogP contribution in [0.2, 0.25) is 0 Å². The van der Waals surface area contributed by atoms with E-state index in [-0.39, 0.29) is 0 Å². The molecule has 2 aromatic rings. The quantitative estimate of drug-likeness (QED) is 0.752. The van der Waals surface area contributed by atoms with Crippen LogP contribution in [0.4, 0.5) is 0 Å². The van der Waals surface area contributed by atoms with Gasteiger partial charge >= 0.3 is 0 Å². The van der Waals surface area contributed by atoms with E-state index in [9.17, 15) is 4.79 Å². The van der Waals surface area contributed by atoms with Crippen molar-refractivity contribution in [3.8, 4) is 11.5 Å². The molecule has 94 valence electrons. The highest BCUT2D eigenvalue weighted by atomic mass is 32.1. The fourth-order valence-electron chi connectivity index (χ4n) is 1.42. The van der Waals surface area contributed by atoms with Crippen molar-refractivity contribution in [2.45, 2.75) is 6.42 Å². The summed E-state index contributed by atoms with van der Waals surface area (Å²) in [5.74, 6) is 1.60. The third-order valence-electron chi connectivity index (χ3n) is 2.33. The van der Waals surface area contributed by atoms with Crippen molar-refractivity contribution in [2.75, 3.05) is 13.7 Å². The van der Waals surface area contributed by atoms with Crippen molar-refractivity contribution < 1.29 is 14.3 Å². The number of benzene rings is 1. The van der Waals surface area contributed by atoms with Crippen LogP contribution in [-0.4, -0.2) is 25.0 Å². The number of aromatic nitrogens is 1. The van der Waals surface area contributed by atoms with Crippen molar-refractivity contribution in [3.63, 3.8) is 0 Å². The number of hydrogen-bond donors (Lipinski definition) is 0. The van der Waals surface area contributed by atoms with Gasteiger partial charge in [0.1, 0.15) is 17.2 Å². The predicted molar refractivity (Wildman–Crippen MR) is 69.7 cm³/mol. The number of methoxy groups -OCH3 is 1. The topological polar surface area (TPSA) is 48.4 Å². The summed E-state index contributed by atoms with van der Waals surface area (Å²) in [6, 6.07) is 7.42. The van der Waals surface area contributed by atoms with Gasteiger partial charge in [0.2, 0.25) is 0 Å². The molecule has 1 aromatic carbocycles. The maximum atomic E-state index is 10.5. The molecule has 0 bridgehead atoms. The fourth-order valence-corrected chi connectivity index (χ4v) is 2.15. The van der Waals surface area contributed by atoms with Crippen LogP contribution in [0.25, 0.3) is 0 Å². The Morgan fingerprint density at radius 2 is 2.00 bits per heavy atom. The van der Waals surface area contributed by atoms with Crippen LogP contribution in [0.3, 0.4) is 0 Å². The number of ether oxygens (including phenoxy) is 2. The lowest BCUT2D eigenvalue weighted by molar-refractivity contribution is 0.111. The van der Waals surface area contributed by atoms with Gasteiger partial charge < -0.3 is 9.47 Å². The number of carbonyl (C=O) groups excluding carboxylic acids is 1. The van der Waals surface area contributed by atoms with Crippen molar-refractivity contribution in [1.29, 1.82) is 0 Å². The Balaban J connectivity index is 1.82. The maximum Gasteiger partial charge on any atom is 0.169 e. The summed E-state index contributed by atoms with van der Waals surface area (Å²) in [7, 11) is 1.63. The van der Waals surface area contributed by atoms with E-state index >= 15 is 0 Å². The molecule has 0 saturated carbocycles. The van der Waals surface area contributed by atoms with Crippen molar-refractivity contribution in [3.05, 3.63) is 40.3 Å². The fraction of sp³-hybridized carbons (Fsp3) is 0.231. The Labute approximate surface area is 109 Å². The Morgan fingerprint density at radius 3 is 2.61 bits per heavy atom. The van der Waals surface area contributed by atoms with Crippen LogP contribution in [0.5, 0.6) is 11.5 Å². The Hall–Kier alpha value is -1.88. The van der Waals surface area contributed by atoms with E-state index in [1.807, 2.05) is 24.3 Å². The second-order valence-electron chi connectivity index (χ2n) is 3.56. The summed E-state index contributed by atoms with van der Waals surface area (Å²) in [6.07, 6.45) is 1.45. The molecule has 18 heavy (non-hydrogen) atoms. The van der Waals surface area contributed by atoms with Crippen LogP contribution < -0.4 is 9.47 Å². The van der Waals surface area contributed by atoms with Crippen molar-refractivity contribution >= 4 is 17.6 Å². The van der Waals surface area contributed by atoms with E-state index in [4.69, 9.17) is 9.47 Å². The molecule has 0 N–H and O–H groups in total. The molecule has 5 heteroatoms.